The Hall–Kier alpha value is -1.85. The highest BCUT2D eigenvalue weighted by Crippen LogP contribution is 2.45. The van der Waals surface area contributed by atoms with Crippen LogP contribution in [-0.2, 0) is 14.3 Å². The van der Waals surface area contributed by atoms with Crippen molar-refractivity contribution in [2.45, 2.75) is 33.1 Å². The van der Waals surface area contributed by atoms with Crippen molar-refractivity contribution in [2.24, 2.45) is 11.1 Å². The molecule has 1 saturated carbocycles. The van der Waals surface area contributed by atoms with Crippen LogP contribution < -0.4 is 5.73 Å². The van der Waals surface area contributed by atoms with E-state index >= 15 is 0 Å². The largest absolute Gasteiger partial charge is 0.461 e. The number of nitrogens with two attached hydrogens (primary N) is 1. The normalized spacial score (nSPS) is 20.9. The van der Waals surface area contributed by atoms with Gasteiger partial charge in [0.05, 0.1) is 6.61 Å². The van der Waals surface area contributed by atoms with E-state index in [-0.39, 0.29) is 29.3 Å². The Morgan fingerprint density at radius 3 is 2.70 bits per heavy atom. The second-order valence-electron chi connectivity index (χ2n) is 5.78. The topological polar surface area (TPSA) is 96.5 Å². The number of ether oxygens (including phenoxy) is 1. The van der Waals surface area contributed by atoms with Crippen molar-refractivity contribution >= 4 is 17.6 Å². The van der Waals surface area contributed by atoms with Crippen molar-refractivity contribution in [2.75, 3.05) is 19.7 Å². The van der Waals surface area contributed by atoms with Crippen LogP contribution in [0.5, 0.6) is 0 Å². The number of nitrogens with zero attached hydrogens (tertiary/aromatic N) is 1. The highest BCUT2D eigenvalue weighted by molar-refractivity contribution is 6.42. The van der Waals surface area contributed by atoms with Crippen molar-refractivity contribution in [1.82, 2.24) is 4.90 Å². The Morgan fingerprint density at radius 1 is 1.50 bits per heavy atom. The fraction of sp³-hybridized carbons (Fsp3) is 0.643. The molecule has 6 nitrogen and oxygen atoms in total. The molecule has 110 valence electrons. The van der Waals surface area contributed by atoms with Crippen LogP contribution in [0.15, 0.2) is 11.3 Å². The van der Waals surface area contributed by atoms with E-state index in [2.05, 4.69) is 6.92 Å². The van der Waals surface area contributed by atoms with E-state index in [9.17, 15) is 9.59 Å². The van der Waals surface area contributed by atoms with Gasteiger partial charge < -0.3 is 15.4 Å². The molecule has 0 aromatic heterocycles. The molecule has 0 unspecified atom stereocenters. The molecule has 6 heteroatoms. The lowest BCUT2D eigenvalue weighted by Gasteiger charge is -2.31. The lowest BCUT2D eigenvalue weighted by Crippen LogP contribution is -2.44. The first kappa shape index (κ1) is 14.6. The molecular formula is C14H21N3O3. The number of amides is 1. The monoisotopic (exact) mass is 279 g/mol. The molecule has 0 aromatic carbocycles. The summed E-state index contributed by atoms with van der Waals surface area (Å²) in [5.74, 6) is -0.991. The van der Waals surface area contributed by atoms with E-state index in [4.69, 9.17) is 15.9 Å². The van der Waals surface area contributed by atoms with Crippen LogP contribution >= 0.6 is 0 Å². The molecule has 0 spiro atoms. The van der Waals surface area contributed by atoms with E-state index in [0.29, 0.717) is 25.1 Å². The molecule has 2 rings (SSSR count). The quantitative estimate of drug-likeness (QED) is 0.575. The third-order valence-electron chi connectivity index (χ3n) is 3.93. The Morgan fingerprint density at radius 2 is 2.15 bits per heavy atom. The van der Waals surface area contributed by atoms with Crippen LogP contribution in [0, 0.1) is 10.8 Å². The van der Waals surface area contributed by atoms with Gasteiger partial charge >= 0.3 is 5.97 Å². The summed E-state index contributed by atoms with van der Waals surface area (Å²) in [6.45, 7) is 5.23. The zero-order chi connectivity index (χ0) is 14.9. The summed E-state index contributed by atoms with van der Waals surface area (Å²) in [7, 11) is 0. The Labute approximate surface area is 118 Å². The van der Waals surface area contributed by atoms with Gasteiger partial charge in [0.25, 0.3) is 5.91 Å². The van der Waals surface area contributed by atoms with Gasteiger partial charge in [0, 0.05) is 18.7 Å². The second-order valence-corrected chi connectivity index (χ2v) is 5.78. The van der Waals surface area contributed by atoms with Gasteiger partial charge in [-0.05, 0) is 31.6 Å². The third kappa shape index (κ3) is 2.84. The fourth-order valence-corrected chi connectivity index (χ4v) is 2.35. The van der Waals surface area contributed by atoms with Gasteiger partial charge in [-0.1, -0.05) is 6.92 Å². The summed E-state index contributed by atoms with van der Waals surface area (Å²) >= 11 is 0. The maximum absolute atomic E-state index is 12.2. The average molecular weight is 279 g/mol. The Kier molecular flexibility index (Phi) is 3.83. The highest BCUT2D eigenvalue weighted by atomic mass is 16.5. The van der Waals surface area contributed by atoms with Crippen LogP contribution in [-0.4, -0.2) is 42.2 Å². The van der Waals surface area contributed by atoms with Crippen molar-refractivity contribution < 1.29 is 14.3 Å². The molecular weight excluding hydrogens is 258 g/mol. The standard InChI is InChI=1S/C14H21N3O3/c1-3-20-13(19)11(16)9-4-7-17(12(18)10(9)15)8-14(2)5-6-14/h16H,3-8,15H2,1-2H3. The smallest absolute Gasteiger partial charge is 0.356 e. The van der Waals surface area contributed by atoms with Crippen molar-refractivity contribution in [3.8, 4) is 0 Å². The van der Waals surface area contributed by atoms with E-state index in [1.54, 1.807) is 11.8 Å². The predicted molar refractivity (Wildman–Crippen MR) is 74.1 cm³/mol. The molecule has 1 fully saturated rings. The molecule has 0 radical (unpaired) electrons. The predicted octanol–water partition coefficient (Wildman–Crippen LogP) is 0.814. The minimum atomic E-state index is -0.721. The van der Waals surface area contributed by atoms with Gasteiger partial charge in [-0.15, -0.1) is 0 Å². The molecule has 20 heavy (non-hydrogen) atoms. The first-order valence-corrected chi connectivity index (χ1v) is 6.92. The summed E-state index contributed by atoms with van der Waals surface area (Å²) in [6.07, 6.45) is 2.70. The molecule has 1 amide bonds. The number of esters is 1. The number of carbonyl (C=O) groups excluding carboxylic acids is 2. The molecule has 2 aliphatic rings. The minimum Gasteiger partial charge on any atom is -0.461 e. The number of rotatable bonds is 5. The second kappa shape index (κ2) is 5.26. The van der Waals surface area contributed by atoms with Gasteiger partial charge in [0.2, 0.25) is 0 Å². The zero-order valence-electron chi connectivity index (χ0n) is 12.0. The molecule has 3 N–H and O–H groups in total. The minimum absolute atomic E-state index is 0.0125. The van der Waals surface area contributed by atoms with E-state index < -0.39 is 5.97 Å². The summed E-state index contributed by atoms with van der Waals surface area (Å²) in [5.41, 5.74) is 6.08. The number of nitrogens with one attached hydrogen (secondary N) is 1. The lowest BCUT2D eigenvalue weighted by atomic mass is 9.98. The van der Waals surface area contributed by atoms with Gasteiger partial charge in [0.15, 0.2) is 0 Å². The summed E-state index contributed by atoms with van der Waals surface area (Å²) < 4.78 is 4.78. The van der Waals surface area contributed by atoms with Crippen LogP contribution in [0.2, 0.25) is 0 Å². The van der Waals surface area contributed by atoms with Crippen LogP contribution in [0.3, 0.4) is 0 Å². The zero-order valence-corrected chi connectivity index (χ0v) is 12.0. The van der Waals surface area contributed by atoms with Gasteiger partial charge in [-0.3, -0.25) is 10.2 Å². The number of hydrogen-bond donors (Lipinski definition) is 2. The molecule has 0 bridgehead atoms. The number of carbonyl (C=O) groups is 2. The molecule has 0 saturated heterocycles. The first-order valence-electron chi connectivity index (χ1n) is 6.92. The maximum Gasteiger partial charge on any atom is 0.356 e. The van der Waals surface area contributed by atoms with Gasteiger partial charge in [-0.25, -0.2) is 4.79 Å². The summed E-state index contributed by atoms with van der Waals surface area (Å²) in [6, 6.07) is 0. The van der Waals surface area contributed by atoms with Crippen LogP contribution in [0.1, 0.15) is 33.1 Å². The van der Waals surface area contributed by atoms with E-state index in [1.807, 2.05) is 0 Å². The summed E-state index contributed by atoms with van der Waals surface area (Å²) in [4.78, 5) is 25.5. The first-order chi connectivity index (χ1) is 9.38. The molecule has 1 heterocycles. The Bertz CT molecular complexity index is 492. The van der Waals surface area contributed by atoms with Crippen molar-refractivity contribution in [3.63, 3.8) is 0 Å². The maximum atomic E-state index is 12.2. The average Bonchev–Trinajstić information content (AvgIpc) is 3.13. The van der Waals surface area contributed by atoms with Crippen LogP contribution in [0.25, 0.3) is 0 Å². The van der Waals surface area contributed by atoms with Crippen molar-refractivity contribution in [3.05, 3.63) is 11.3 Å². The SMILES string of the molecule is CCOC(=O)C(=N)C1=C(N)C(=O)N(CC2(C)CC2)CC1. The molecule has 1 aliphatic carbocycles. The molecule has 0 aromatic rings. The summed E-state index contributed by atoms with van der Waals surface area (Å²) in [5, 5.41) is 7.79. The fourth-order valence-electron chi connectivity index (χ4n) is 2.35. The Balaban J connectivity index is 2.10. The van der Waals surface area contributed by atoms with Crippen LogP contribution in [0.4, 0.5) is 0 Å². The third-order valence-corrected chi connectivity index (χ3v) is 3.93. The molecule has 0 atom stereocenters. The van der Waals surface area contributed by atoms with E-state index in [0.717, 1.165) is 12.8 Å². The van der Waals surface area contributed by atoms with Crippen molar-refractivity contribution in [1.29, 1.82) is 5.41 Å². The lowest BCUT2D eigenvalue weighted by molar-refractivity contribution is -0.135. The highest BCUT2D eigenvalue weighted by Gasteiger charge is 2.41. The number of hydrogen-bond acceptors (Lipinski definition) is 5. The molecule has 1 aliphatic heterocycles. The van der Waals surface area contributed by atoms with E-state index in [1.165, 1.54) is 0 Å². The van der Waals surface area contributed by atoms with Gasteiger partial charge in [0.1, 0.15) is 11.4 Å². The van der Waals surface area contributed by atoms with Gasteiger partial charge in [-0.2, -0.15) is 0 Å².